The number of carbonyl (C=O) groups is 3. The lowest BCUT2D eigenvalue weighted by Gasteiger charge is -2.35. The molecule has 1 saturated heterocycles. The fourth-order valence-corrected chi connectivity index (χ4v) is 3.63. The predicted molar refractivity (Wildman–Crippen MR) is 110 cm³/mol. The van der Waals surface area contributed by atoms with Crippen LogP contribution in [0.25, 0.3) is 5.57 Å². The zero-order chi connectivity index (χ0) is 21.8. The van der Waals surface area contributed by atoms with E-state index < -0.39 is 23.7 Å². The highest BCUT2D eigenvalue weighted by Gasteiger charge is 2.44. The lowest BCUT2D eigenvalue weighted by molar-refractivity contribution is -0.141. The van der Waals surface area contributed by atoms with Gasteiger partial charge in [-0.3, -0.25) is 14.5 Å². The molecule has 3 amide bonds. The van der Waals surface area contributed by atoms with Gasteiger partial charge in [-0.15, -0.1) is 0 Å². The Labute approximate surface area is 176 Å². The second kappa shape index (κ2) is 9.19. The van der Waals surface area contributed by atoms with Gasteiger partial charge in [0.2, 0.25) is 0 Å². The van der Waals surface area contributed by atoms with Crippen LogP contribution >= 0.6 is 0 Å². The molecule has 0 spiro atoms. The Balaban J connectivity index is 1.69. The third-order valence-electron chi connectivity index (χ3n) is 5.17. The van der Waals surface area contributed by atoms with Gasteiger partial charge in [0, 0.05) is 19.1 Å². The van der Waals surface area contributed by atoms with E-state index in [1.165, 1.54) is 0 Å². The summed E-state index contributed by atoms with van der Waals surface area (Å²) in [6.07, 6.45) is 0.494. The number of amides is 3. The molecule has 0 aromatic heterocycles. The summed E-state index contributed by atoms with van der Waals surface area (Å²) in [5.74, 6) is -0.696. The van der Waals surface area contributed by atoms with Crippen molar-refractivity contribution in [2.24, 2.45) is 5.92 Å². The number of rotatable bonds is 6. The van der Waals surface area contributed by atoms with E-state index in [9.17, 15) is 19.5 Å². The molecular weight excluding hydrogens is 388 g/mol. The van der Waals surface area contributed by atoms with Crippen molar-refractivity contribution >= 4 is 23.5 Å². The van der Waals surface area contributed by atoms with Gasteiger partial charge in [0.15, 0.2) is 5.76 Å². The highest BCUT2D eigenvalue weighted by Crippen LogP contribution is 2.32. The predicted octanol–water partition coefficient (Wildman–Crippen LogP) is 2.98. The number of ether oxygens (including phenoxy) is 2. The number of hydrogen-bond donors (Lipinski definition) is 1. The van der Waals surface area contributed by atoms with Gasteiger partial charge in [-0.25, -0.2) is 4.79 Å². The van der Waals surface area contributed by atoms with Gasteiger partial charge in [0.05, 0.1) is 18.8 Å². The molecular formula is C22H28N2O6. The first-order valence-electron chi connectivity index (χ1n) is 10.3. The molecule has 8 nitrogen and oxygen atoms in total. The topological polar surface area (TPSA) is 96.4 Å². The lowest BCUT2D eigenvalue weighted by atomic mass is 10.0. The van der Waals surface area contributed by atoms with Crippen LogP contribution in [0, 0.1) is 5.92 Å². The average molecular weight is 416 g/mol. The molecule has 0 radical (unpaired) electrons. The molecule has 1 N–H and O–H groups in total. The summed E-state index contributed by atoms with van der Waals surface area (Å²) in [6.45, 7) is 7.48. The van der Waals surface area contributed by atoms with E-state index in [-0.39, 0.29) is 11.6 Å². The minimum absolute atomic E-state index is 0.00299. The van der Waals surface area contributed by atoms with Crippen molar-refractivity contribution in [2.75, 3.05) is 26.3 Å². The van der Waals surface area contributed by atoms with E-state index >= 15 is 0 Å². The van der Waals surface area contributed by atoms with Gasteiger partial charge in [-0.05, 0) is 43.4 Å². The van der Waals surface area contributed by atoms with Crippen LogP contribution in [-0.2, 0) is 14.3 Å². The van der Waals surface area contributed by atoms with Crippen molar-refractivity contribution < 1.29 is 29.0 Å². The van der Waals surface area contributed by atoms with Crippen LogP contribution in [-0.4, -0.2) is 65.2 Å². The molecule has 8 heteroatoms. The first kappa shape index (κ1) is 21.7. The van der Waals surface area contributed by atoms with Crippen molar-refractivity contribution in [1.29, 1.82) is 0 Å². The van der Waals surface area contributed by atoms with Crippen LogP contribution in [0.15, 0.2) is 30.0 Å². The van der Waals surface area contributed by atoms with Gasteiger partial charge in [0.1, 0.15) is 5.75 Å². The standard InChI is InChI=1S/C22H28N2O6/c1-4-29-22(28)23-11-9-16(10-12-23)24-20(26)18(19(25)21(24)27)15-5-7-17(8-6-15)30-13-14(2)3/h5-8,14,16,25H,4,9-13H2,1-3H3. The molecule has 3 rings (SSSR count). The first-order valence-corrected chi connectivity index (χ1v) is 10.3. The molecule has 162 valence electrons. The monoisotopic (exact) mass is 416 g/mol. The minimum atomic E-state index is -0.690. The van der Waals surface area contributed by atoms with E-state index in [0.717, 1.165) is 4.90 Å². The molecule has 2 aliphatic heterocycles. The summed E-state index contributed by atoms with van der Waals surface area (Å²) in [7, 11) is 0. The molecule has 2 heterocycles. The minimum Gasteiger partial charge on any atom is -0.502 e. The zero-order valence-corrected chi connectivity index (χ0v) is 17.6. The molecule has 0 aliphatic carbocycles. The van der Waals surface area contributed by atoms with Crippen LogP contribution in [0.1, 0.15) is 39.2 Å². The second-order valence-electron chi connectivity index (χ2n) is 7.85. The third kappa shape index (κ3) is 4.42. The maximum Gasteiger partial charge on any atom is 0.409 e. The Morgan fingerprint density at radius 2 is 1.77 bits per heavy atom. The zero-order valence-electron chi connectivity index (χ0n) is 17.6. The molecule has 1 aromatic carbocycles. The first-order chi connectivity index (χ1) is 14.3. The summed E-state index contributed by atoms with van der Waals surface area (Å²) < 4.78 is 10.6. The molecule has 1 fully saturated rings. The molecule has 1 aromatic rings. The Kier molecular flexibility index (Phi) is 6.64. The molecule has 0 unspecified atom stereocenters. The molecule has 0 atom stereocenters. The number of carbonyl (C=O) groups excluding carboxylic acids is 3. The van der Waals surface area contributed by atoms with E-state index in [1.807, 2.05) is 13.8 Å². The highest BCUT2D eigenvalue weighted by molar-refractivity contribution is 6.35. The SMILES string of the molecule is CCOC(=O)N1CCC(N2C(=O)C(O)=C(c3ccc(OCC(C)C)cc3)C2=O)CC1. The van der Waals surface area contributed by atoms with Crippen LogP contribution in [0.3, 0.4) is 0 Å². The van der Waals surface area contributed by atoms with Crippen LogP contribution in [0.2, 0.25) is 0 Å². The Morgan fingerprint density at radius 1 is 1.13 bits per heavy atom. The third-order valence-corrected chi connectivity index (χ3v) is 5.17. The molecule has 30 heavy (non-hydrogen) atoms. The summed E-state index contributed by atoms with van der Waals surface area (Å²) in [5, 5.41) is 10.4. The van der Waals surface area contributed by atoms with Crippen molar-refractivity contribution in [3.63, 3.8) is 0 Å². The van der Waals surface area contributed by atoms with E-state index in [4.69, 9.17) is 9.47 Å². The lowest BCUT2D eigenvalue weighted by Crippen LogP contribution is -2.49. The number of imide groups is 1. The number of benzene rings is 1. The van der Waals surface area contributed by atoms with Gasteiger partial charge in [-0.1, -0.05) is 26.0 Å². The second-order valence-corrected chi connectivity index (χ2v) is 7.85. The maximum absolute atomic E-state index is 13.0. The number of hydrogen-bond acceptors (Lipinski definition) is 6. The van der Waals surface area contributed by atoms with Gasteiger partial charge in [-0.2, -0.15) is 0 Å². The maximum atomic E-state index is 13.0. The summed E-state index contributed by atoms with van der Waals surface area (Å²) in [5.41, 5.74) is 0.470. The van der Waals surface area contributed by atoms with Crippen LogP contribution in [0.4, 0.5) is 4.79 Å². The van der Waals surface area contributed by atoms with Crippen molar-refractivity contribution in [3.05, 3.63) is 35.6 Å². The summed E-state index contributed by atoms with van der Waals surface area (Å²) in [4.78, 5) is 40.2. The van der Waals surface area contributed by atoms with Gasteiger partial charge in [0.25, 0.3) is 11.8 Å². The van der Waals surface area contributed by atoms with E-state index in [2.05, 4.69) is 0 Å². The van der Waals surface area contributed by atoms with Crippen molar-refractivity contribution in [1.82, 2.24) is 9.80 Å². The average Bonchev–Trinajstić information content (AvgIpc) is 2.95. The van der Waals surface area contributed by atoms with Gasteiger partial charge < -0.3 is 19.5 Å². The molecule has 0 saturated carbocycles. The number of nitrogens with zero attached hydrogens (tertiary/aromatic N) is 2. The Morgan fingerprint density at radius 3 is 2.33 bits per heavy atom. The quantitative estimate of drug-likeness (QED) is 0.716. The Bertz CT molecular complexity index is 838. The highest BCUT2D eigenvalue weighted by atomic mass is 16.6. The summed E-state index contributed by atoms with van der Waals surface area (Å²) >= 11 is 0. The van der Waals surface area contributed by atoms with E-state index in [1.54, 1.807) is 36.1 Å². The number of aliphatic hydroxyl groups is 1. The molecule has 0 bridgehead atoms. The number of likely N-dealkylation sites (tertiary alicyclic amines) is 1. The summed E-state index contributed by atoms with van der Waals surface area (Å²) in [6, 6.07) is 6.40. The molecule has 2 aliphatic rings. The smallest absolute Gasteiger partial charge is 0.409 e. The van der Waals surface area contributed by atoms with E-state index in [0.29, 0.717) is 56.4 Å². The van der Waals surface area contributed by atoms with Crippen molar-refractivity contribution in [2.45, 2.75) is 39.7 Å². The normalized spacial score (nSPS) is 17.9. The van der Waals surface area contributed by atoms with Gasteiger partial charge >= 0.3 is 6.09 Å². The Hall–Kier alpha value is -3.03. The van der Waals surface area contributed by atoms with Crippen LogP contribution in [0.5, 0.6) is 5.75 Å². The number of aliphatic hydroxyl groups excluding tert-OH is 1. The fourth-order valence-electron chi connectivity index (χ4n) is 3.63. The van der Waals surface area contributed by atoms with Crippen LogP contribution < -0.4 is 4.74 Å². The largest absolute Gasteiger partial charge is 0.502 e. The number of piperidine rings is 1. The van der Waals surface area contributed by atoms with Crippen molar-refractivity contribution in [3.8, 4) is 5.75 Å². The fraction of sp³-hybridized carbons (Fsp3) is 0.500.